The Bertz CT molecular complexity index is 570. The van der Waals surface area contributed by atoms with Crippen molar-refractivity contribution in [3.8, 4) is 6.07 Å². The Morgan fingerprint density at radius 2 is 2.22 bits per heavy atom. The lowest BCUT2D eigenvalue weighted by molar-refractivity contribution is 0.0954. The van der Waals surface area contributed by atoms with Gasteiger partial charge in [0.15, 0.2) is 0 Å². The Kier molecular flexibility index (Phi) is 4.11. The summed E-state index contributed by atoms with van der Waals surface area (Å²) in [7, 11) is 0. The summed E-state index contributed by atoms with van der Waals surface area (Å²) in [6.07, 6.45) is 0.835. The van der Waals surface area contributed by atoms with Crippen LogP contribution in [0.15, 0.2) is 41.8 Å². The molecule has 3 nitrogen and oxygen atoms in total. The minimum absolute atomic E-state index is 0.136. The first-order chi connectivity index (χ1) is 8.79. The molecular formula is C14H12N2OS. The predicted molar refractivity (Wildman–Crippen MR) is 71.5 cm³/mol. The van der Waals surface area contributed by atoms with Crippen LogP contribution >= 0.6 is 11.3 Å². The van der Waals surface area contributed by atoms with E-state index >= 15 is 0 Å². The fraction of sp³-hybridized carbons (Fsp3) is 0.143. The van der Waals surface area contributed by atoms with Crippen LogP contribution in [-0.2, 0) is 6.42 Å². The zero-order chi connectivity index (χ0) is 12.8. The third kappa shape index (κ3) is 3.19. The number of carbonyl (C=O) groups excluding carboxylic acids is 1. The molecule has 0 radical (unpaired) electrons. The van der Waals surface area contributed by atoms with Gasteiger partial charge in [0.2, 0.25) is 0 Å². The van der Waals surface area contributed by atoms with E-state index in [9.17, 15) is 4.79 Å². The molecule has 1 N–H and O–H groups in total. The van der Waals surface area contributed by atoms with Crippen LogP contribution in [0.4, 0.5) is 0 Å². The summed E-state index contributed by atoms with van der Waals surface area (Å²) >= 11 is 1.68. The Labute approximate surface area is 110 Å². The average Bonchev–Trinajstić information content (AvgIpc) is 2.92. The molecule has 1 aromatic carbocycles. The number of nitrogens with one attached hydrogen (secondary N) is 1. The quantitative estimate of drug-likeness (QED) is 0.914. The van der Waals surface area contributed by atoms with E-state index in [0.717, 1.165) is 6.42 Å². The number of nitrogens with zero attached hydrogens (tertiary/aromatic N) is 1. The van der Waals surface area contributed by atoms with Crippen molar-refractivity contribution in [2.45, 2.75) is 6.42 Å². The third-order valence-electron chi connectivity index (χ3n) is 2.49. The molecule has 2 rings (SSSR count). The van der Waals surface area contributed by atoms with Gasteiger partial charge in [0, 0.05) is 17.0 Å². The minimum Gasteiger partial charge on any atom is -0.352 e. The van der Waals surface area contributed by atoms with Crippen LogP contribution in [-0.4, -0.2) is 12.5 Å². The second-order valence-corrected chi connectivity index (χ2v) is 4.81. The van der Waals surface area contributed by atoms with E-state index in [1.54, 1.807) is 35.6 Å². The van der Waals surface area contributed by atoms with Gasteiger partial charge in [-0.3, -0.25) is 4.79 Å². The van der Waals surface area contributed by atoms with Gasteiger partial charge in [-0.1, -0.05) is 12.1 Å². The summed E-state index contributed by atoms with van der Waals surface area (Å²) in [5, 5.41) is 13.6. The zero-order valence-electron chi connectivity index (χ0n) is 9.72. The molecule has 0 fully saturated rings. The highest BCUT2D eigenvalue weighted by Crippen LogP contribution is 2.08. The smallest absolute Gasteiger partial charge is 0.251 e. The number of rotatable bonds is 4. The number of hydrogen-bond acceptors (Lipinski definition) is 3. The molecule has 0 spiro atoms. The van der Waals surface area contributed by atoms with Crippen molar-refractivity contribution in [1.82, 2.24) is 5.32 Å². The number of carbonyl (C=O) groups is 1. The lowest BCUT2D eigenvalue weighted by Crippen LogP contribution is -2.25. The maximum absolute atomic E-state index is 11.8. The molecule has 0 aliphatic carbocycles. The van der Waals surface area contributed by atoms with E-state index in [1.807, 2.05) is 23.6 Å². The van der Waals surface area contributed by atoms with Crippen molar-refractivity contribution >= 4 is 17.2 Å². The molecular weight excluding hydrogens is 244 g/mol. The monoisotopic (exact) mass is 256 g/mol. The van der Waals surface area contributed by atoms with E-state index in [1.165, 1.54) is 4.88 Å². The van der Waals surface area contributed by atoms with Gasteiger partial charge < -0.3 is 5.32 Å². The molecule has 18 heavy (non-hydrogen) atoms. The SMILES string of the molecule is N#Cc1cccc(C(=O)NCCc2cccs2)c1. The van der Waals surface area contributed by atoms with Crippen molar-refractivity contribution in [3.63, 3.8) is 0 Å². The number of amides is 1. The summed E-state index contributed by atoms with van der Waals surface area (Å²) in [5.74, 6) is -0.136. The van der Waals surface area contributed by atoms with Crippen molar-refractivity contribution in [2.24, 2.45) is 0 Å². The number of benzene rings is 1. The molecule has 0 atom stereocenters. The summed E-state index contributed by atoms with van der Waals surface area (Å²) in [6, 6.07) is 12.8. The van der Waals surface area contributed by atoms with Gasteiger partial charge >= 0.3 is 0 Å². The normalized spacial score (nSPS) is 9.72. The fourth-order valence-corrected chi connectivity index (χ4v) is 2.30. The lowest BCUT2D eigenvalue weighted by atomic mass is 10.1. The van der Waals surface area contributed by atoms with Gasteiger partial charge in [-0.15, -0.1) is 11.3 Å². The lowest BCUT2D eigenvalue weighted by Gasteiger charge is -2.04. The number of thiophene rings is 1. The largest absolute Gasteiger partial charge is 0.352 e. The molecule has 0 aliphatic heterocycles. The highest BCUT2D eigenvalue weighted by atomic mass is 32.1. The van der Waals surface area contributed by atoms with Crippen LogP contribution < -0.4 is 5.32 Å². The van der Waals surface area contributed by atoms with Gasteiger partial charge in [0.05, 0.1) is 11.6 Å². The number of nitriles is 1. The van der Waals surface area contributed by atoms with Crippen LogP contribution in [0.2, 0.25) is 0 Å². The Hall–Kier alpha value is -2.12. The second-order valence-electron chi connectivity index (χ2n) is 3.78. The molecule has 1 amide bonds. The van der Waals surface area contributed by atoms with Gasteiger partial charge in [-0.25, -0.2) is 0 Å². The second kappa shape index (κ2) is 5.99. The molecule has 0 saturated heterocycles. The standard InChI is InChI=1S/C14H12N2OS/c15-10-11-3-1-4-12(9-11)14(17)16-7-6-13-5-2-8-18-13/h1-5,8-9H,6-7H2,(H,16,17). The molecule has 1 aromatic heterocycles. The molecule has 1 heterocycles. The van der Waals surface area contributed by atoms with Gasteiger partial charge in [-0.2, -0.15) is 5.26 Å². The molecule has 2 aromatic rings. The van der Waals surface area contributed by atoms with Gasteiger partial charge in [0.25, 0.3) is 5.91 Å². The van der Waals surface area contributed by atoms with Crippen LogP contribution in [0.1, 0.15) is 20.8 Å². The third-order valence-corrected chi connectivity index (χ3v) is 3.43. The first-order valence-corrected chi connectivity index (χ1v) is 6.48. The fourth-order valence-electron chi connectivity index (χ4n) is 1.59. The van der Waals surface area contributed by atoms with Crippen molar-refractivity contribution in [1.29, 1.82) is 5.26 Å². The van der Waals surface area contributed by atoms with Crippen molar-refractivity contribution in [3.05, 3.63) is 57.8 Å². The average molecular weight is 256 g/mol. The van der Waals surface area contributed by atoms with E-state index in [0.29, 0.717) is 17.7 Å². The van der Waals surface area contributed by atoms with Crippen LogP contribution in [0.25, 0.3) is 0 Å². The van der Waals surface area contributed by atoms with Crippen LogP contribution in [0.3, 0.4) is 0 Å². The molecule has 0 saturated carbocycles. The molecule has 0 aliphatic rings. The highest BCUT2D eigenvalue weighted by Gasteiger charge is 2.05. The zero-order valence-corrected chi connectivity index (χ0v) is 10.5. The summed E-state index contributed by atoms with van der Waals surface area (Å²) in [6.45, 7) is 0.607. The van der Waals surface area contributed by atoms with E-state index in [4.69, 9.17) is 5.26 Å². The van der Waals surface area contributed by atoms with E-state index < -0.39 is 0 Å². The van der Waals surface area contributed by atoms with Gasteiger partial charge in [0.1, 0.15) is 0 Å². The topological polar surface area (TPSA) is 52.9 Å². The highest BCUT2D eigenvalue weighted by molar-refractivity contribution is 7.09. The first kappa shape index (κ1) is 12.3. The Balaban J connectivity index is 1.89. The van der Waals surface area contributed by atoms with Crippen molar-refractivity contribution < 1.29 is 4.79 Å². The predicted octanol–water partition coefficient (Wildman–Crippen LogP) is 2.59. The number of hydrogen-bond donors (Lipinski definition) is 1. The molecule has 0 unspecified atom stereocenters. The molecule has 4 heteroatoms. The maximum Gasteiger partial charge on any atom is 0.251 e. The minimum atomic E-state index is -0.136. The summed E-state index contributed by atoms with van der Waals surface area (Å²) in [4.78, 5) is 13.1. The van der Waals surface area contributed by atoms with Crippen LogP contribution in [0, 0.1) is 11.3 Å². The maximum atomic E-state index is 11.8. The van der Waals surface area contributed by atoms with Gasteiger partial charge in [-0.05, 0) is 36.1 Å². The Morgan fingerprint density at radius 3 is 2.94 bits per heavy atom. The molecule has 90 valence electrons. The van der Waals surface area contributed by atoms with Crippen molar-refractivity contribution in [2.75, 3.05) is 6.54 Å². The van der Waals surface area contributed by atoms with E-state index in [-0.39, 0.29) is 5.91 Å². The summed E-state index contributed by atoms with van der Waals surface area (Å²) in [5.41, 5.74) is 1.03. The first-order valence-electron chi connectivity index (χ1n) is 5.60. The summed E-state index contributed by atoms with van der Waals surface area (Å²) < 4.78 is 0. The van der Waals surface area contributed by atoms with E-state index in [2.05, 4.69) is 5.32 Å². The van der Waals surface area contributed by atoms with Crippen LogP contribution in [0.5, 0.6) is 0 Å². The Morgan fingerprint density at radius 1 is 1.33 bits per heavy atom. The molecule has 0 bridgehead atoms.